The van der Waals surface area contributed by atoms with Crippen molar-refractivity contribution in [1.29, 1.82) is 0 Å². The Kier molecular flexibility index (Phi) is 7.58. The highest BCUT2D eigenvalue weighted by Gasteiger charge is 2.29. The number of aromatic nitrogens is 1. The summed E-state index contributed by atoms with van der Waals surface area (Å²) >= 11 is 0. The van der Waals surface area contributed by atoms with Gasteiger partial charge in [0, 0.05) is 25.2 Å². The molecule has 0 radical (unpaired) electrons. The van der Waals surface area contributed by atoms with Crippen molar-refractivity contribution in [2.24, 2.45) is 0 Å². The Morgan fingerprint density at radius 3 is 2.48 bits per heavy atom. The molecule has 1 heterocycles. The number of hydrogen-bond donors (Lipinski definition) is 2. The van der Waals surface area contributed by atoms with Gasteiger partial charge >= 0.3 is 6.18 Å². The molecule has 2 rings (SSSR count). The van der Waals surface area contributed by atoms with Gasteiger partial charge < -0.3 is 15.4 Å². The molecule has 0 aliphatic carbocycles. The van der Waals surface area contributed by atoms with E-state index in [2.05, 4.69) is 15.6 Å². The van der Waals surface area contributed by atoms with Gasteiger partial charge in [-0.25, -0.2) is 4.98 Å². The fourth-order valence-corrected chi connectivity index (χ4v) is 2.59. The number of nitrogens with one attached hydrogen (secondary N) is 2. The molecule has 2 N–H and O–H groups in total. The summed E-state index contributed by atoms with van der Waals surface area (Å²) in [5.41, 5.74) is 2.13. The van der Waals surface area contributed by atoms with E-state index in [-0.39, 0.29) is 30.7 Å². The van der Waals surface area contributed by atoms with E-state index in [0.717, 1.165) is 11.1 Å². The summed E-state index contributed by atoms with van der Waals surface area (Å²) in [4.78, 5) is 27.7. The van der Waals surface area contributed by atoms with Crippen LogP contribution in [0.25, 0.3) is 0 Å². The molecule has 1 aromatic heterocycles. The lowest BCUT2D eigenvalue weighted by Crippen LogP contribution is -2.32. The van der Waals surface area contributed by atoms with Gasteiger partial charge in [-0.15, -0.1) is 0 Å². The lowest BCUT2D eigenvalue weighted by molar-refractivity contribution is -0.154. The maximum Gasteiger partial charge on any atom is 0.422 e. The van der Waals surface area contributed by atoms with Crippen LogP contribution in [0.15, 0.2) is 42.6 Å². The minimum Gasteiger partial charge on any atom is -0.468 e. The van der Waals surface area contributed by atoms with Crippen molar-refractivity contribution in [1.82, 2.24) is 15.6 Å². The summed E-state index contributed by atoms with van der Waals surface area (Å²) in [6, 6.07) is 9.94. The van der Waals surface area contributed by atoms with Gasteiger partial charge in [-0.1, -0.05) is 35.9 Å². The SMILES string of the molecule is CC(=O)NC(CC(=O)NCc1cccnc1OCC(F)(F)F)c1ccc(C)cc1. The largest absolute Gasteiger partial charge is 0.468 e. The molecule has 0 fully saturated rings. The molecule has 6 nitrogen and oxygen atoms in total. The summed E-state index contributed by atoms with van der Waals surface area (Å²) in [6.07, 6.45) is -3.21. The Bertz CT molecular complexity index is 839. The van der Waals surface area contributed by atoms with E-state index in [1.54, 1.807) is 0 Å². The second-order valence-corrected chi connectivity index (χ2v) is 6.52. The first kappa shape index (κ1) is 22.2. The van der Waals surface area contributed by atoms with Crippen LogP contribution >= 0.6 is 0 Å². The molecule has 29 heavy (non-hydrogen) atoms. The number of alkyl halides is 3. The Balaban J connectivity index is 2.00. The number of nitrogens with zero attached hydrogens (tertiary/aromatic N) is 1. The zero-order chi connectivity index (χ0) is 21.4. The van der Waals surface area contributed by atoms with Crippen LogP contribution < -0.4 is 15.4 Å². The minimum atomic E-state index is -4.49. The van der Waals surface area contributed by atoms with Gasteiger partial charge in [0.05, 0.1) is 12.5 Å². The molecule has 1 unspecified atom stereocenters. The van der Waals surface area contributed by atoms with E-state index in [4.69, 9.17) is 4.74 Å². The van der Waals surface area contributed by atoms with Crippen LogP contribution in [0.2, 0.25) is 0 Å². The van der Waals surface area contributed by atoms with Gasteiger partial charge in [-0.3, -0.25) is 9.59 Å². The molecule has 156 valence electrons. The maximum absolute atomic E-state index is 12.4. The quantitative estimate of drug-likeness (QED) is 0.702. The van der Waals surface area contributed by atoms with E-state index in [1.165, 1.54) is 25.3 Å². The number of amides is 2. The van der Waals surface area contributed by atoms with Crippen molar-refractivity contribution in [2.75, 3.05) is 6.61 Å². The number of halogens is 3. The fourth-order valence-electron chi connectivity index (χ4n) is 2.59. The smallest absolute Gasteiger partial charge is 0.422 e. The van der Waals surface area contributed by atoms with Crippen molar-refractivity contribution in [3.63, 3.8) is 0 Å². The molecule has 0 aliphatic rings. The second-order valence-electron chi connectivity index (χ2n) is 6.52. The first-order valence-corrected chi connectivity index (χ1v) is 8.88. The van der Waals surface area contributed by atoms with Crippen molar-refractivity contribution in [3.05, 3.63) is 59.3 Å². The highest BCUT2D eigenvalue weighted by molar-refractivity contribution is 5.79. The van der Waals surface area contributed by atoms with Crippen molar-refractivity contribution in [2.45, 2.75) is 39.0 Å². The number of hydrogen-bond acceptors (Lipinski definition) is 4. The average Bonchev–Trinajstić information content (AvgIpc) is 2.64. The zero-order valence-electron chi connectivity index (χ0n) is 16.0. The molecule has 0 bridgehead atoms. The standard InChI is InChI=1S/C20H22F3N3O3/c1-13-5-7-15(8-6-13)17(26-14(2)27)10-18(28)25-11-16-4-3-9-24-19(16)29-12-20(21,22)23/h3-9,17H,10-12H2,1-2H3,(H,25,28)(H,26,27). The van der Waals surface area contributed by atoms with Crippen LogP contribution in [0.1, 0.15) is 36.1 Å². The fraction of sp³-hybridized carbons (Fsp3) is 0.350. The highest BCUT2D eigenvalue weighted by atomic mass is 19.4. The molecule has 9 heteroatoms. The van der Waals surface area contributed by atoms with Gasteiger partial charge in [-0.2, -0.15) is 13.2 Å². The second kappa shape index (κ2) is 9.90. The zero-order valence-corrected chi connectivity index (χ0v) is 16.0. The molecule has 1 aromatic carbocycles. The molecule has 2 aromatic rings. The summed E-state index contributed by atoms with van der Waals surface area (Å²) < 4.78 is 41.8. The highest BCUT2D eigenvalue weighted by Crippen LogP contribution is 2.21. The van der Waals surface area contributed by atoms with Crippen LogP contribution in [-0.2, 0) is 16.1 Å². The number of carbonyl (C=O) groups excluding carboxylic acids is 2. The number of ether oxygens (including phenoxy) is 1. The van der Waals surface area contributed by atoms with Gasteiger partial charge in [0.15, 0.2) is 6.61 Å². The van der Waals surface area contributed by atoms with Crippen LogP contribution in [-0.4, -0.2) is 29.6 Å². The van der Waals surface area contributed by atoms with Gasteiger partial charge in [-0.05, 0) is 18.6 Å². The number of aryl methyl sites for hydroxylation is 1. The first-order chi connectivity index (χ1) is 13.6. The molecule has 0 saturated heterocycles. The van der Waals surface area contributed by atoms with Gasteiger partial charge in [0.25, 0.3) is 0 Å². The van der Waals surface area contributed by atoms with Gasteiger partial charge in [0.2, 0.25) is 17.7 Å². The Morgan fingerprint density at radius 2 is 1.86 bits per heavy atom. The predicted octanol–water partition coefficient (Wildman–Crippen LogP) is 3.21. The third-order valence-corrected chi connectivity index (χ3v) is 3.95. The van der Waals surface area contributed by atoms with Crippen LogP contribution in [0, 0.1) is 6.92 Å². The maximum atomic E-state index is 12.4. The normalized spacial score (nSPS) is 12.2. The van der Waals surface area contributed by atoms with E-state index >= 15 is 0 Å². The van der Waals surface area contributed by atoms with Crippen LogP contribution in [0.3, 0.4) is 0 Å². The molecule has 0 aliphatic heterocycles. The van der Waals surface area contributed by atoms with E-state index in [9.17, 15) is 22.8 Å². The Morgan fingerprint density at radius 1 is 1.17 bits per heavy atom. The number of benzene rings is 1. The molecule has 0 spiro atoms. The number of pyridine rings is 1. The lowest BCUT2D eigenvalue weighted by atomic mass is 10.0. The third-order valence-electron chi connectivity index (χ3n) is 3.95. The summed E-state index contributed by atoms with van der Waals surface area (Å²) in [7, 11) is 0. The van der Waals surface area contributed by atoms with E-state index in [1.807, 2.05) is 31.2 Å². The first-order valence-electron chi connectivity index (χ1n) is 8.88. The topological polar surface area (TPSA) is 80.3 Å². The molecule has 2 amide bonds. The molecular formula is C20H22F3N3O3. The molecule has 1 atom stereocenters. The van der Waals surface area contributed by atoms with Crippen molar-refractivity contribution >= 4 is 11.8 Å². The van der Waals surface area contributed by atoms with Crippen LogP contribution in [0.5, 0.6) is 5.88 Å². The predicted molar refractivity (Wildman–Crippen MR) is 100.0 cm³/mol. The third kappa shape index (κ3) is 7.81. The summed E-state index contributed by atoms with van der Waals surface area (Å²) in [6.45, 7) is 1.76. The van der Waals surface area contributed by atoms with E-state index < -0.39 is 18.8 Å². The molecule has 0 saturated carbocycles. The Labute approximate surface area is 166 Å². The number of rotatable bonds is 8. The monoisotopic (exact) mass is 409 g/mol. The van der Waals surface area contributed by atoms with Crippen molar-refractivity contribution < 1.29 is 27.5 Å². The Hall–Kier alpha value is -3.10. The number of carbonyl (C=O) groups is 2. The van der Waals surface area contributed by atoms with Crippen LogP contribution in [0.4, 0.5) is 13.2 Å². The van der Waals surface area contributed by atoms with E-state index in [0.29, 0.717) is 5.56 Å². The van der Waals surface area contributed by atoms with Crippen molar-refractivity contribution in [3.8, 4) is 5.88 Å². The lowest BCUT2D eigenvalue weighted by Gasteiger charge is -2.18. The summed E-state index contributed by atoms with van der Waals surface area (Å²) in [5.74, 6) is -0.851. The summed E-state index contributed by atoms with van der Waals surface area (Å²) in [5, 5.41) is 5.36. The minimum absolute atomic E-state index is 0.0261. The van der Waals surface area contributed by atoms with Gasteiger partial charge in [0.1, 0.15) is 0 Å². The average molecular weight is 409 g/mol. The molecular weight excluding hydrogens is 387 g/mol.